The third kappa shape index (κ3) is 2.10. The van der Waals surface area contributed by atoms with E-state index in [2.05, 4.69) is 0 Å². The molecule has 1 rings (SSSR count). The summed E-state index contributed by atoms with van der Waals surface area (Å²) in [5.74, 6) is -1.17. The lowest BCUT2D eigenvalue weighted by Crippen LogP contribution is -2.44. The van der Waals surface area contributed by atoms with Gasteiger partial charge in [0.15, 0.2) is 0 Å². The Morgan fingerprint density at radius 2 is 2.23 bits per heavy atom. The van der Waals surface area contributed by atoms with Gasteiger partial charge in [-0.05, 0) is 0 Å². The molecule has 0 aromatic heterocycles. The van der Waals surface area contributed by atoms with Gasteiger partial charge in [0.2, 0.25) is 11.8 Å². The fourth-order valence-electron chi connectivity index (χ4n) is 1.44. The summed E-state index contributed by atoms with van der Waals surface area (Å²) in [7, 11) is 0. The molecule has 0 aliphatic carbocycles. The molecule has 13 heavy (non-hydrogen) atoms. The molecule has 0 aromatic rings. The molecule has 0 bridgehead atoms. The number of aliphatic hydroxyl groups is 1. The quantitative estimate of drug-likeness (QED) is 0.550. The van der Waals surface area contributed by atoms with E-state index in [1.165, 1.54) is 4.90 Å². The summed E-state index contributed by atoms with van der Waals surface area (Å²) in [6, 6.07) is -0.707. The van der Waals surface area contributed by atoms with E-state index < -0.39 is 18.1 Å². The Balaban J connectivity index is 2.71. The number of likely N-dealkylation sites (tertiary alicyclic amines) is 1. The molecule has 0 radical (unpaired) electrons. The van der Waals surface area contributed by atoms with Crippen LogP contribution in [0, 0.1) is 0 Å². The summed E-state index contributed by atoms with van der Waals surface area (Å²) < 4.78 is 0. The maximum absolute atomic E-state index is 11.1. The number of nitrogens with zero attached hydrogens (tertiary/aromatic N) is 1. The molecule has 5 nitrogen and oxygen atoms in total. The lowest BCUT2D eigenvalue weighted by molar-refractivity contribution is -0.135. The van der Waals surface area contributed by atoms with Crippen molar-refractivity contribution in [1.29, 1.82) is 0 Å². The molecular formula is C7H11ClN2O3. The number of primary amides is 1. The monoisotopic (exact) mass is 206 g/mol. The third-order valence-electron chi connectivity index (χ3n) is 2.04. The minimum atomic E-state index is -0.707. The Labute approximate surface area is 80.4 Å². The van der Waals surface area contributed by atoms with Crippen LogP contribution in [-0.2, 0) is 9.59 Å². The molecule has 2 unspecified atom stereocenters. The van der Waals surface area contributed by atoms with Gasteiger partial charge in [0, 0.05) is 13.0 Å². The Morgan fingerprint density at radius 1 is 1.62 bits per heavy atom. The van der Waals surface area contributed by atoms with Crippen LogP contribution in [0.1, 0.15) is 6.42 Å². The maximum atomic E-state index is 11.1. The lowest BCUT2D eigenvalue weighted by atomic mass is 10.2. The van der Waals surface area contributed by atoms with E-state index in [0.29, 0.717) is 0 Å². The number of aliphatic hydroxyl groups excluding tert-OH is 1. The van der Waals surface area contributed by atoms with E-state index in [1.54, 1.807) is 0 Å². The highest BCUT2D eigenvalue weighted by Crippen LogP contribution is 2.17. The van der Waals surface area contributed by atoms with Crippen LogP contribution in [0.5, 0.6) is 0 Å². The second-order valence-electron chi connectivity index (χ2n) is 2.99. The van der Waals surface area contributed by atoms with Crippen LogP contribution in [-0.4, -0.2) is 46.4 Å². The zero-order valence-corrected chi connectivity index (χ0v) is 7.70. The van der Waals surface area contributed by atoms with Gasteiger partial charge in [-0.3, -0.25) is 9.59 Å². The fourth-order valence-corrected chi connectivity index (χ4v) is 1.59. The lowest BCUT2D eigenvalue weighted by Gasteiger charge is -2.20. The van der Waals surface area contributed by atoms with E-state index in [4.69, 9.17) is 17.3 Å². The standard InChI is InChI=1S/C7H11ClN2O3/c8-2-6(12)10-3-4(11)1-5(10)7(9)13/h4-5,11H,1-3H2,(H2,9,13). The van der Waals surface area contributed by atoms with Crippen molar-refractivity contribution in [2.75, 3.05) is 12.4 Å². The van der Waals surface area contributed by atoms with Gasteiger partial charge in [-0.1, -0.05) is 0 Å². The number of rotatable bonds is 2. The van der Waals surface area contributed by atoms with E-state index in [1.807, 2.05) is 0 Å². The highest BCUT2D eigenvalue weighted by atomic mass is 35.5. The number of β-amino-alcohol motifs (C(OH)–C–C–N with tert-alkyl or cyclic N) is 1. The van der Waals surface area contributed by atoms with Gasteiger partial charge in [-0.25, -0.2) is 0 Å². The summed E-state index contributed by atoms with van der Waals surface area (Å²) in [5, 5.41) is 9.22. The number of carbonyl (C=O) groups is 2. The average Bonchev–Trinajstić information content (AvgIpc) is 2.46. The first-order valence-electron chi connectivity index (χ1n) is 3.89. The van der Waals surface area contributed by atoms with E-state index >= 15 is 0 Å². The number of halogens is 1. The van der Waals surface area contributed by atoms with Crippen LogP contribution >= 0.6 is 11.6 Å². The molecule has 2 amide bonds. The Morgan fingerprint density at radius 3 is 2.69 bits per heavy atom. The number of amides is 2. The summed E-state index contributed by atoms with van der Waals surface area (Å²) in [6.45, 7) is 0.138. The maximum Gasteiger partial charge on any atom is 0.240 e. The van der Waals surface area contributed by atoms with Crippen molar-refractivity contribution >= 4 is 23.4 Å². The van der Waals surface area contributed by atoms with Crippen molar-refractivity contribution in [3.63, 3.8) is 0 Å². The minimum absolute atomic E-state index is 0.138. The molecular weight excluding hydrogens is 196 g/mol. The van der Waals surface area contributed by atoms with E-state index in [9.17, 15) is 14.7 Å². The topological polar surface area (TPSA) is 83.6 Å². The first-order chi connectivity index (χ1) is 6.06. The van der Waals surface area contributed by atoms with Crippen LogP contribution in [0.3, 0.4) is 0 Å². The number of hydrogen-bond acceptors (Lipinski definition) is 3. The normalized spacial score (nSPS) is 27.7. The van der Waals surface area contributed by atoms with Crippen LogP contribution < -0.4 is 5.73 Å². The first kappa shape index (κ1) is 10.3. The van der Waals surface area contributed by atoms with Crippen LogP contribution in [0.25, 0.3) is 0 Å². The van der Waals surface area contributed by atoms with Crippen LogP contribution in [0.2, 0.25) is 0 Å². The highest BCUT2D eigenvalue weighted by Gasteiger charge is 2.37. The molecule has 2 atom stereocenters. The molecule has 1 saturated heterocycles. The molecule has 0 aromatic carbocycles. The zero-order valence-electron chi connectivity index (χ0n) is 6.94. The summed E-state index contributed by atoms with van der Waals surface area (Å²) in [6.07, 6.45) is -0.470. The van der Waals surface area contributed by atoms with Gasteiger partial charge >= 0.3 is 0 Å². The van der Waals surface area contributed by atoms with Crippen LogP contribution in [0.15, 0.2) is 0 Å². The second-order valence-corrected chi connectivity index (χ2v) is 3.25. The molecule has 1 aliphatic rings. The highest BCUT2D eigenvalue weighted by molar-refractivity contribution is 6.27. The van der Waals surface area contributed by atoms with Crippen LogP contribution in [0.4, 0.5) is 0 Å². The molecule has 0 spiro atoms. The Bertz CT molecular complexity index is 234. The molecule has 0 saturated carbocycles. The van der Waals surface area contributed by atoms with Crippen molar-refractivity contribution in [1.82, 2.24) is 4.90 Å². The van der Waals surface area contributed by atoms with E-state index in [0.717, 1.165) is 0 Å². The number of alkyl halides is 1. The van der Waals surface area contributed by atoms with Gasteiger partial charge in [0.25, 0.3) is 0 Å². The summed E-state index contributed by atoms with van der Waals surface area (Å²) >= 11 is 5.32. The molecule has 1 heterocycles. The first-order valence-corrected chi connectivity index (χ1v) is 4.42. The second kappa shape index (κ2) is 3.93. The van der Waals surface area contributed by atoms with Crippen molar-refractivity contribution in [2.24, 2.45) is 5.73 Å². The van der Waals surface area contributed by atoms with Gasteiger partial charge in [-0.2, -0.15) is 0 Å². The van der Waals surface area contributed by atoms with Gasteiger partial charge < -0.3 is 15.7 Å². The number of hydrogen-bond donors (Lipinski definition) is 2. The zero-order chi connectivity index (χ0) is 10.0. The van der Waals surface area contributed by atoms with Gasteiger partial charge in [-0.15, -0.1) is 11.6 Å². The van der Waals surface area contributed by atoms with E-state index in [-0.39, 0.29) is 24.8 Å². The van der Waals surface area contributed by atoms with Crippen molar-refractivity contribution in [3.05, 3.63) is 0 Å². The third-order valence-corrected chi connectivity index (χ3v) is 2.27. The van der Waals surface area contributed by atoms with Crippen molar-refractivity contribution in [2.45, 2.75) is 18.6 Å². The Hall–Kier alpha value is -0.810. The number of carbonyl (C=O) groups excluding carboxylic acids is 2. The van der Waals surface area contributed by atoms with Crippen molar-refractivity contribution in [3.8, 4) is 0 Å². The number of nitrogens with two attached hydrogens (primary N) is 1. The molecule has 1 fully saturated rings. The largest absolute Gasteiger partial charge is 0.391 e. The average molecular weight is 207 g/mol. The fraction of sp³-hybridized carbons (Fsp3) is 0.714. The van der Waals surface area contributed by atoms with Crippen molar-refractivity contribution < 1.29 is 14.7 Å². The molecule has 3 N–H and O–H groups in total. The van der Waals surface area contributed by atoms with Gasteiger partial charge in [0.05, 0.1) is 6.10 Å². The Kier molecular flexibility index (Phi) is 3.11. The minimum Gasteiger partial charge on any atom is -0.391 e. The molecule has 74 valence electrons. The SMILES string of the molecule is NC(=O)C1CC(O)CN1C(=O)CCl. The smallest absolute Gasteiger partial charge is 0.240 e. The summed E-state index contributed by atoms with van der Waals surface area (Å²) in [5.41, 5.74) is 5.06. The predicted molar refractivity (Wildman–Crippen MR) is 46.0 cm³/mol. The molecule has 1 aliphatic heterocycles. The molecule has 6 heteroatoms. The van der Waals surface area contributed by atoms with Gasteiger partial charge in [0.1, 0.15) is 11.9 Å². The summed E-state index contributed by atoms with van der Waals surface area (Å²) in [4.78, 5) is 23.2. The predicted octanol–water partition coefficient (Wildman–Crippen LogP) is -1.33.